The van der Waals surface area contributed by atoms with Crippen molar-refractivity contribution in [2.75, 3.05) is 18.0 Å². The van der Waals surface area contributed by atoms with Gasteiger partial charge in [0, 0.05) is 12.1 Å². The number of benzene rings is 3. The number of carbonyl (C=O) groups is 2. The van der Waals surface area contributed by atoms with Crippen LogP contribution < -0.4 is 14.4 Å². The molecule has 1 unspecified atom stereocenters. The van der Waals surface area contributed by atoms with Gasteiger partial charge in [0.15, 0.2) is 0 Å². The van der Waals surface area contributed by atoms with E-state index in [1.54, 1.807) is 55.6 Å². The molecule has 0 fully saturated rings. The fourth-order valence-electron chi connectivity index (χ4n) is 4.30. The number of para-hydroxylation sites is 1. The van der Waals surface area contributed by atoms with Gasteiger partial charge in [0.2, 0.25) is 11.8 Å². The highest BCUT2D eigenvalue weighted by atomic mass is 35.5. The number of nitrogens with zero attached hydrogens (tertiary/aromatic N) is 2. The molecule has 0 bridgehead atoms. The molecule has 0 aliphatic heterocycles. The monoisotopic (exact) mass is 599 g/mol. The summed E-state index contributed by atoms with van der Waals surface area (Å²) in [5.74, 6) is -0.224. The van der Waals surface area contributed by atoms with Crippen LogP contribution in [0.4, 0.5) is 5.69 Å². The summed E-state index contributed by atoms with van der Waals surface area (Å²) in [6.07, 6.45) is 0.320. The Labute approximate surface area is 248 Å². The van der Waals surface area contributed by atoms with Gasteiger partial charge in [-0.15, -0.1) is 0 Å². The Kier molecular flexibility index (Phi) is 10.4. The van der Waals surface area contributed by atoms with Gasteiger partial charge in [0.1, 0.15) is 18.3 Å². The minimum Gasteiger partial charge on any atom is -0.497 e. The maximum atomic E-state index is 14.1. The van der Waals surface area contributed by atoms with E-state index < -0.39 is 34.1 Å². The van der Waals surface area contributed by atoms with E-state index in [-0.39, 0.29) is 28.1 Å². The van der Waals surface area contributed by atoms with Crippen LogP contribution in [0.3, 0.4) is 0 Å². The summed E-state index contributed by atoms with van der Waals surface area (Å²) in [6.45, 7) is 8.78. The van der Waals surface area contributed by atoms with Crippen molar-refractivity contribution in [1.29, 1.82) is 0 Å². The molecule has 8 nitrogen and oxygen atoms in total. The van der Waals surface area contributed by atoms with Crippen LogP contribution in [0, 0.1) is 6.92 Å². The topological polar surface area (TPSA) is 96.0 Å². The molecule has 3 aromatic carbocycles. The Morgan fingerprint density at radius 2 is 1.59 bits per heavy atom. The zero-order chi connectivity index (χ0) is 30.4. The number of methoxy groups -OCH3 is 1. The minimum absolute atomic E-state index is 0.0232. The molecule has 0 spiro atoms. The zero-order valence-corrected chi connectivity index (χ0v) is 25.9. The molecular weight excluding hydrogens is 562 g/mol. The highest BCUT2D eigenvalue weighted by Gasteiger charge is 2.35. The van der Waals surface area contributed by atoms with Gasteiger partial charge in [-0.05, 0) is 76.1 Å². The number of carbonyl (C=O) groups excluding carboxylic acids is 2. The third kappa shape index (κ3) is 8.24. The zero-order valence-electron chi connectivity index (χ0n) is 24.3. The minimum atomic E-state index is -4.20. The molecule has 10 heteroatoms. The third-order valence-electron chi connectivity index (χ3n) is 6.41. The molecule has 0 radical (unpaired) electrons. The Bertz CT molecular complexity index is 1450. The first-order chi connectivity index (χ1) is 19.3. The number of hydrogen-bond acceptors (Lipinski definition) is 5. The Morgan fingerprint density at radius 3 is 2.12 bits per heavy atom. The molecule has 0 heterocycles. The van der Waals surface area contributed by atoms with Crippen molar-refractivity contribution >= 4 is 39.1 Å². The van der Waals surface area contributed by atoms with E-state index in [4.69, 9.17) is 16.3 Å². The SMILES string of the molecule is CCC(C(=O)NC(C)(C)C)N(Cc1ccc(OC)cc1)C(=O)CN(c1ccccc1Cl)S(=O)(=O)c1ccc(C)cc1. The first-order valence-electron chi connectivity index (χ1n) is 13.3. The lowest BCUT2D eigenvalue weighted by Crippen LogP contribution is -2.55. The molecule has 0 saturated heterocycles. The number of aryl methyl sites for hydroxylation is 1. The molecule has 1 atom stereocenters. The summed E-state index contributed by atoms with van der Waals surface area (Å²) in [5.41, 5.74) is 1.29. The second kappa shape index (κ2) is 13.4. The first kappa shape index (κ1) is 32.0. The number of amides is 2. The van der Waals surface area contributed by atoms with Crippen molar-refractivity contribution in [2.45, 2.75) is 64.1 Å². The summed E-state index contributed by atoms with van der Waals surface area (Å²) >= 11 is 6.46. The van der Waals surface area contributed by atoms with Crippen LogP contribution in [0.25, 0.3) is 0 Å². The van der Waals surface area contributed by atoms with Gasteiger partial charge in [-0.2, -0.15) is 0 Å². The molecule has 0 aliphatic carbocycles. The van der Waals surface area contributed by atoms with Crippen molar-refractivity contribution < 1.29 is 22.7 Å². The van der Waals surface area contributed by atoms with Gasteiger partial charge in [-0.3, -0.25) is 13.9 Å². The van der Waals surface area contributed by atoms with Crippen LogP contribution in [0.15, 0.2) is 77.7 Å². The number of halogens is 1. The van der Waals surface area contributed by atoms with E-state index in [1.165, 1.54) is 17.0 Å². The van der Waals surface area contributed by atoms with Crippen LogP contribution in [-0.2, 0) is 26.2 Å². The molecule has 41 heavy (non-hydrogen) atoms. The van der Waals surface area contributed by atoms with Gasteiger partial charge in [-0.1, -0.05) is 60.5 Å². The average Bonchev–Trinajstić information content (AvgIpc) is 2.91. The Morgan fingerprint density at radius 1 is 0.976 bits per heavy atom. The molecule has 0 aromatic heterocycles. The predicted octanol–water partition coefficient (Wildman–Crippen LogP) is 5.57. The predicted molar refractivity (Wildman–Crippen MR) is 163 cm³/mol. The van der Waals surface area contributed by atoms with Crippen molar-refractivity contribution in [3.63, 3.8) is 0 Å². The number of anilines is 1. The first-order valence-corrected chi connectivity index (χ1v) is 15.2. The lowest BCUT2D eigenvalue weighted by molar-refractivity contribution is -0.141. The molecular formula is C31H38ClN3O5S. The maximum Gasteiger partial charge on any atom is 0.264 e. The molecule has 220 valence electrons. The van der Waals surface area contributed by atoms with Crippen LogP contribution in [-0.4, -0.2) is 50.4 Å². The van der Waals surface area contributed by atoms with Gasteiger partial charge in [-0.25, -0.2) is 8.42 Å². The third-order valence-corrected chi connectivity index (χ3v) is 8.50. The highest BCUT2D eigenvalue weighted by molar-refractivity contribution is 7.92. The normalized spacial score (nSPS) is 12.4. The van der Waals surface area contributed by atoms with E-state index in [2.05, 4.69) is 5.32 Å². The summed E-state index contributed by atoms with van der Waals surface area (Å²) < 4.78 is 34.2. The van der Waals surface area contributed by atoms with Crippen molar-refractivity contribution in [3.05, 3.63) is 88.9 Å². The molecule has 2 amide bonds. The number of ether oxygens (including phenoxy) is 1. The number of rotatable bonds is 11. The van der Waals surface area contributed by atoms with Gasteiger partial charge >= 0.3 is 0 Å². The summed E-state index contributed by atoms with van der Waals surface area (Å²) in [4.78, 5) is 29.0. The smallest absolute Gasteiger partial charge is 0.264 e. The number of nitrogens with one attached hydrogen (secondary N) is 1. The average molecular weight is 600 g/mol. The molecule has 3 rings (SSSR count). The Hall–Kier alpha value is -3.56. The molecule has 1 N–H and O–H groups in total. The fourth-order valence-corrected chi connectivity index (χ4v) is 6.03. The lowest BCUT2D eigenvalue weighted by Gasteiger charge is -2.35. The van der Waals surface area contributed by atoms with Gasteiger partial charge < -0.3 is 15.0 Å². The molecule has 0 saturated carbocycles. The van der Waals surface area contributed by atoms with Crippen LogP contribution >= 0.6 is 11.6 Å². The van der Waals surface area contributed by atoms with Crippen LogP contribution in [0.2, 0.25) is 5.02 Å². The lowest BCUT2D eigenvalue weighted by atomic mass is 10.1. The van der Waals surface area contributed by atoms with Crippen molar-refractivity contribution in [2.24, 2.45) is 0 Å². The second-order valence-corrected chi connectivity index (χ2v) is 13.1. The second-order valence-electron chi connectivity index (χ2n) is 10.8. The summed E-state index contributed by atoms with van der Waals surface area (Å²) in [5, 5.41) is 3.14. The van der Waals surface area contributed by atoms with E-state index in [9.17, 15) is 18.0 Å². The summed E-state index contributed by atoms with van der Waals surface area (Å²) in [7, 11) is -2.64. The molecule has 3 aromatic rings. The van der Waals surface area contributed by atoms with Gasteiger partial charge in [0.25, 0.3) is 10.0 Å². The number of sulfonamides is 1. The van der Waals surface area contributed by atoms with Crippen LogP contribution in [0.5, 0.6) is 5.75 Å². The maximum absolute atomic E-state index is 14.1. The van der Waals surface area contributed by atoms with Crippen LogP contribution in [0.1, 0.15) is 45.2 Å². The largest absolute Gasteiger partial charge is 0.497 e. The van der Waals surface area contributed by atoms with E-state index >= 15 is 0 Å². The Balaban J connectivity index is 2.08. The number of hydrogen-bond donors (Lipinski definition) is 1. The van der Waals surface area contributed by atoms with E-state index in [0.29, 0.717) is 12.2 Å². The highest BCUT2D eigenvalue weighted by Crippen LogP contribution is 2.31. The molecule has 0 aliphatic rings. The van der Waals surface area contributed by atoms with Crippen molar-refractivity contribution in [3.8, 4) is 5.75 Å². The quantitative estimate of drug-likeness (QED) is 0.311. The van der Waals surface area contributed by atoms with E-state index in [1.807, 2.05) is 46.8 Å². The fraction of sp³-hybridized carbons (Fsp3) is 0.355. The van der Waals surface area contributed by atoms with E-state index in [0.717, 1.165) is 15.4 Å². The standard InChI is InChI=1S/C31H38ClN3O5S/c1-7-27(30(37)33-31(3,4)5)34(20-23-14-16-24(40-6)17-15-23)29(36)21-35(28-11-9-8-10-26(28)32)41(38,39)25-18-12-22(2)13-19-25/h8-19,27H,7,20-21H2,1-6H3,(H,33,37). The van der Waals surface area contributed by atoms with Gasteiger partial charge in [0.05, 0.1) is 22.7 Å². The summed E-state index contributed by atoms with van der Waals surface area (Å²) in [6, 6.07) is 19.2. The van der Waals surface area contributed by atoms with Crippen molar-refractivity contribution in [1.82, 2.24) is 10.2 Å².